The summed E-state index contributed by atoms with van der Waals surface area (Å²) < 4.78 is 40.3. The van der Waals surface area contributed by atoms with Gasteiger partial charge in [-0.15, -0.1) is 13.2 Å². The van der Waals surface area contributed by atoms with E-state index < -0.39 is 12.1 Å². The van der Waals surface area contributed by atoms with Crippen molar-refractivity contribution in [3.63, 3.8) is 0 Å². The maximum absolute atomic E-state index is 12.1. The van der Waals surface area contributed by atoms with Gasteiger partial charge in [0.2, 0.25) is 0 Å². The minimum Gasteiger partial charge on any atom is -0.404 e. The van der Waals surface area contributed by atoms with Gasteiger partial charge in [0.25, 0.3) is 0 Å². The normalized spacial score (nSPS) is 11.4. The van der Waals surface area contributed by atoms with Crippen LogP contribution in [0.3, 0.4) is 0 Å². The lowest BCUT2D eigenvalue weighted by atomic mass is 10.0. The molecule has 0 heterocycles. The Morgan fingerprint density at radius 3 is 2.10 bits per heavy atom. The van der Waals surface area contributed by atoms with E-state index in [-0.39, 0.29) is 5.02 Å². The second-order valence-corrected chi connectivity index (χ2v) is 4.99. The molecule has 20 heavy (non-hydrogen) atoms. The van der Waals surface area contributed by atoms with Crippen LogP contribution in [0.25, 0.3) is 11.1 Å². The Hall–Kier alpha value is -1.20. The lowest BCUT2D eigenvalue weighted by Gasteiger charge is -2.11. The molecule has 1 nitrogen and oxygen atoms in total. The van der Waals surface area contributed by atoms with Crippen LogP contribution in [-0.2, 0) is 5.33 Å². The van der Waals surface area contributed by atoms with Crippen LogP contribution < -0.4 is 4.74 Å². The summed E-state index contributed by atoms with van der Waals surface area (Å²) in [6, 6.07) is 11.8. The second-order valence-electron chi connectivity index (χ2n) is 4.02. The van der Waals surface area contributed by atoms with E-state index in [0.717, 1.165) is 22.0 Å². The molecular formula is C14H9BrClF3O. The minimum atomic E-state index is -4.75. The molecule has 2 aromatic rings. The fourth-order valence-corrected chi connectivity index (χ4v) is 2.27. The summed E-state index contributed by atoms with van der Waals surface area (Å²) in [6.45, 7) is 0. The van der Waals surface area contributed by atoms with E-state index >= 15 is 0 Å². The van der Waals surface area contributed by atoms with Crippen molar-refractivity contribution in [1.29, 1.82) is 0 Å². The summed E-state index contributed by atoms with van der Waals surface area (Å²) in [4.78, 5) is 0. The molecule has 0 aliphatic rings. The summed E-state index contributed by atoms with van der Waals surface area (Å²) in [5.41, 5.74) is 2.71. The summed E-state index contributed by atoms with van der Waals surface area (Å²) in [5.74, 6) is -0.403. The van der Waals surface area contributed by atoms with Crippen LogP contribution in [0.15, 0.2) is 42.5 Å². The van der Waals surface area contributed by atoms with E-state index in [1.807, 2.05) is 24.3 Å². The molecule has 106 valence electrons. The highest BCUT2D eigenvalue weighted by Gasteiger charge is 2.32. The number of hydrogen-bond donors (Lipinski definition) is 0. The van der Waals surface area contributed by atoms with E-state index in [9.17, 15) is 13.2 Å². The van der Waals surface area contributed by atoms with Crippen molar-refractivity contribution in [2.45, 2.75) is 11.7 Å². The molecule has 0 fully saturated rings. The average Bonchev–Trinajstić information content (AvgIpc) is 2.40. The molecule has 0 aliphatic heterocycles. The largest absolute Gasteiger partial charge is 0.573 e. The van der Waals surface area contributed by atoms with Crippen molar-refractivity contribution >= 4 is 27.5 Å². The molecule has 0 N–H and O–H groups in total. The Morgan fingerprint density at radius 2 is 1.60 bits per heavy atom. The van der Waals surface area contributed by atoms with Gasteiger partial charge in [0.05, 0.1) is 5.02 Å². The Kier molecular flexibility index (Phi) is 4.60. The van der Waals surface area contributed by atoms with E-state index in [1.54, 1.807) is 0 Å². The van der Waals surface area contributed by atoms with Gasteiger partial charge >= 0.3 is 6.36 Å². The number of hydrogen-bond acceptors (Lipinski definition) is 1. The number of halogens is 5. The zero-order valence-corrected chi connectivity index (χ0v) is 12.4. The highest BCUT2D eigenvalue weighted by atomic mass is 79.9. The Labute approximate surface area is 127 Å². The summed E-state index contributed by atoms with van der Waals surface area (Å²) in [7, 11) is 0. The van der Waals surface area contributed by atoms with Gasteiger partial charge in [-0.3, -0.25) is 0 Å². The summed E-state index contributed by atoms with van der Waals surface area (Å²) in [6.07, 6.45) is -4.75. The average molecular weight is 366 g/mol. The Bertz CT molecular complexity index is 596. The van der Waals surface area contributed by atoms with Crippen molar-refractivity contribution in [3.05, 3.63) is 53.1 Å². The predicted molar refractivity (Wildman–Crippen MR) is 76.2 cm³/mol. The molecule has 0 aliphatic carbocycles. The van der Waals surface area contributed by atoms with Gasteiger partial charge in [-0.05, 0) is 28.8 Å². The second kappa shape index (κ2) is 6.06. The van der Waals surface area contributed by atoms with Crippen LogP contribution in [0.1, 0.15) is 5.56 Å². The number of ether oxygens (including phenoxy) is 1. The zero-order chi connectivity index (χ0) is 14.8. The molecule has 0 amide bonds. The van der Waals surface area contributed by atoms with Gasteiger partial charge in [0.15, 0.2) is 0 Å². The molecule has 0 spiro atoms. The Balaban J connectivity index is 2.28. The third-order valence-corrected chi connectivity index (χ3v) is 3.54. The molecule has 2 aromatic carbocycles. The maximum Gasteiger partial charge on any atom is 0.573 e. The lowest BCUT2D eigenvalue weighted by molar-refractivity contribution is -0.274. The zero-order valence-electron chi connectivity index (χ0n) is 10.0. The maximum atomic E-state index is 12.1. The van der Waals surface area contributed by atoms with Crippen LogP contribution >= 0.6 is 27.5 Å². The highest BCUT2D eigenvalue weighted by molar-refractivity contribution is 9.08. The van der Waals surface area contributed by atoms with Crippen LogP contribution in [0.2, 0.25) is 5.02 Å². The van der Waals surface area contributed by atoms with Crippen molar-refractivity contribution in [2.24, 2.45) is 0 Å². The molecular weight excluding hydrogens is 357 g/mol. The third kappa shape index (κ3) is 3.90. The standard InChI is InChI=1S/C14H9BrClF3O/c15-8-9-1-3-10(4-2-9)11-5-6-13(12(16)7-11)20-14(17,18)19/h1-7H,8H2. The van der Waals surface area contributed by atoms with Gasteiger partial charge in [0.1, 0.15) is 5.75 Å². The van der Waals surface area contributed by atoms with Crippen LogP contribution in [0.4, 0.5) is 13.2 Å². The smallest absolute Gasteiger partial charge is 0.404 e. The quantitative estimate of drug-likeness (QED) is 0.625. The third-order valence-electron chi connectivity index (χ3n) is 2.60. The first kappa shape index (κ1) is 15.2. The molecule has 0 atom stereocenters. The van der Waals surface area contributed by atoms with E-state index in [0.29, 0.717) is 0 Å². The number of alkyl halides is 4. The first-order valence-corrected chi connectivity index (χ1v) is 7.09. The number of rotatable bonds is 3. The van der Waals surface area contributed by atoms with Crippen molar-refractivity contribution in [1.82, 2.24) is 0 Å². The molecule has 2 rings (SSSR count). The van der Waals surface area contributed by atoms with Crippen LogP contribution in [0.5, 0.6) is 5.75 Å². The van der Waals surface area contributed by atoms with Gasteiger partial charge in [-0.1, -0.05) is 57.9 Å². The van der Waals surface area contributed by atoms with Gasteiger partial charge in [-0.25, -0.2) is 0 Å². The number of benzene rings is 2. The van der Waals surface area contributed by atoms with Crippen molar-refractivity contribution in [3.8, 4) is 16.9 Å². The van der Waals surface area contributed by atoms with Crippen LogP contribution in [-0.4, -0.2) is 6.36 Å². The first-order valence-electron chi connectivity index (χ1n) is 5.59. The van der Waals surface area contributed by atoms with Gasteiger partial charge < -0.3 is 4.74 Å². The topological polar surface area (TPSA) is 9.23 Å². The molecule has 0 bridgehead atoms. The van der Waals surface area contributed by atoms with E-state index in [2.05, 4.69) is 20.7 Å². The first-order chi connectivity index (χ1) is 9.39. The monoisotopic (exact) mass is 364 g/mol. The SMILES string of the molecule is FC(F)(F)Oc1ccc(-c2ccc(CBr)cc2)cc1Cl. The molecule has 0 saturated heterocycles. The van der Waals surface area contributed by atoms with E-state index in [4.69, 9.17) is 11.6 Å². The molecule has 6 heteroatoms. The fraction of sp³-hybridized carbons (Fsp3) is 0.143. The molecule has 0 radical (unpaired) electrons. The lowest BCUT2D eigenvalue weighted by Crippen LogP contribution is -2.17. The van der Waals surface area contributed by atoms with Gasteiger partial charge in [0, 0.05) is 5.33 Å². The molecule has 0 unspecified atom stereocenters. The van der Waals surface area contributed by atoms with Gasteiger partial charge in [-0.2, -0.15) is 0 Å². The summed E-state index contributed by atoms with van der Waals surface area (Å²) in [5, 5.41) is 0.663. The highest BCUT2D eigenvalue weighted by Crippen LogP contribution is 2.33. The molecule has 0 saturated carbocycles. The van der Waals surface area contributed by atoms with Crippen molar-refractivity contribution in [2.75, 3.05) is 0 Å². The van der Waals surface area contributed by atoms with Crippen LogP contribution in [0, 0.1) is 0 Å². The Morgan fingerprint density at radius 1 is 1.00 bits per heavy atom. The predicted octanol–water partition coefficient (Wildman–Crippen LogP) is 5.80. The van der Waals surface area contributed by atoms with E-state index in [1.165, 1.54) is 18.2 Å². The summed E-state index contributed by atoms with van der Waals surface area (Å²) >= 11 is 9.15. The fourth-order valence-electron chi connectivity index (χ4n) is 1.67. The molecule has 0 aromatic heterocycles. The minimum absolute atomic E-state index is 0.0793. The van der Waals surface area contributed by atoms with Crippen molar-refractivity contribution < 1.29 is 17.9 Å².